The van der Waals surface area contributed by atoms with Crippen molar-refractivity contribution >= 4 is 31.7 Å². The molecular formula is C28H46F2N2O4SSi. The zero-order valence-corrected chi connectivity index (χ0v) is 25.7. The van der Waals surface area contributed by atoms with Crippen molar-refractivity contribution < 1.29 is 27.5 Å². The summed E-state index contributed by atoms with van der Waals surface area (Å²) in [5.74, 6) is -4.86. The van der Waals surface area contributed by atoms with Crippen LogP contribution in [0.1, 0.15) is 80.1 Å². The summed E-state index contributed by atoms with van der Waals surface area (Å²) in [4.78, 5) is 16.2. The average molecular weight is 573 g/mol. The molecule has 2 aliphatic rings. The van der Waals surface area contributed by atoms with Gasteiger partial charge in [-0.3, -0.25) is 4.57 Å². The number of aromatic nitrogens is 2. The van der Waals surface area contributed by atoms with E-state index in [4.69, 9.17) is 26.1 Å². The second-order valence-electron chi connectivity index (χ2n) is 11.5. The number of halogens is 2. The van der Waals surface area contributed by atoms with Crippen LogP contribution < -0.4 is 0 Å². The van der Waals surface area contributed by atoms with Gasteiger partial charge >= 0.3 is 11.9 Å². The molecule has 4 unspecified atom stereocenters. The van der Waals surface area contributed by atoms with Crippen LogP contribution in [0.5, 0.6) is 0 Å². The van der Waals surface area contributed by atoms with Gasteiger partial charge in [-0.2, -0.15) is 8.78 Å². The predicted molar refractivity (Wildman–Crippen MR) is 151 cm³/mol. The van der Waals surface area contributed by atoms with E-state index in [1.165, 1.54) is 30.2 Å². The second-order valence-corrected chi connectivity index (χ2v) is 16.6. The maximum atomic E-state index is 15.4. The van der Waals surface area contributed by atoms with Crippen LogP contribution in [0, 0.1) is 23.2 Å². The van der Waals surface area contributed by atoms with Crippen molar-refractivity contribution in [3.63, 3.8) is 0 Å². The summed E-state index contributed by atoms with van der Waals surface area (Å²) in [5.41, 5.74) is 0.00627. The highest BCUT2D eigenvalue weighted by Gasteiger charge is 2.56. The number of carbonyl (C=O) groups excluding carboxylic acids is 1. The van der Waals surface area contributed by atoms with E-state index in [2.05, 4.69) is 32.7 Å². The van der Waals surface area contributed by atoms with Gasteiger partial charge in [-0.25, -0.2) is 9.78 Å². The number of imidazole rings is 1. The molecule has 2 aliphatic carbocycles. The van der Waals surface area contributed by atoms with E-state index in [0.717, 1.165) is 50.2 Å². The van der Waals surface area contributed by atoms with Gasteiger partial charge in [0.05, 0.1) is 6.61 Å². The van der Waals surface area contributed by atoms with E-state index in [1.54, 1.807) is 0 Å². The summed E-state index contributed by atoms with van der Waals surface area (Å²) in [7, 11) is -1.76. The monoisotopic (exact) mass is 572 g/mol. The van der Waals surface area contributed by atoms with E-state index >= 15 is 8.78 Å². The summed E-state index contributed by atoms with van der Waals surface area (Å²) >= 11 is 5.28. The largest absolute Gasteiger partial charge is 0.461 e. The zero-order chi connectivity index (χ0) is 28.1. The van der Waals surface area contributed by atoms with Crippen LogP contribution >= 0.6 is 12.2 Å². The van der Waals surface area contributed by atoms with Gasteiger partial charge in [0, 0.05) is 18.5 Å². The van der Waals surface area contributed by atoms with Crippen LogP contribution in [-0.2, 0) is 18.7 Å². The molecular weight excluding hydrogens is 526 g/mol. The summed E-state index contributed by atoms with van der Waals surface area (Å²) in [6.07, 6.45) is 8.18. The first-order valence-corrected chi connectivity index (χ1v) is 17.3. The Morgan fingerprint density at radius 2 is 1.89 bits per heavy atom. The standard InChI is InChI=1S/C28H46F2N2O4SSi/c1-7-34-25(33)28(29,30)24(35-26(37)32-17-16-31-19-32)18-20(5)21-13-14-22-23(12-11-15-27(21,22)6)36-38(8-2,9-3)10-4/h16-17,19-24H,7-15,18H2,1-6H3/t20?,21?,22?,23-,24?,27+/m0/s1. The molecule has 2 fully saturated rings. The number of alkyl halides is 2. The molecule has 1 aromatic heterocycles. The lowest BCUT2D eigenvalue weighted by molar-refractivity contribution is -0.188. The number of ether oxygens (including phenoxy) is 2. The molecule has 0 radical (unpaired) electrons. The van der Waals surface area contributed by atoms with Crippen LogP contribution in [0.4, 0.5) is 8.78 Å². The highest BCUT2D eigenvalue weighted by molar-refractivity contribution is 7.80. The number of nitrogens with zero attached hydrogens (tertiary/aromatic N) is 2. The van der Waals surface area contributed by atoms with Crippen LogP contribution in [0.25, 0.3) is 0 Å². The number of hydrogen-bond donors (Lipinski definition) is 0. The Morgan fingerprint density at radius 1 is 1.21 bits per heavy atom. The maximum Gasteiger partial charge on any atom is 0.381 e. The van der Waals surface area contributed by atoms with Gasteiger partial charge in [-0.1, -0.05) is 41.0 Å². The second kappa shape index (κ2) is 12.9. The quantitative estimate of drug-likeness (QED) is 0.150. The summed E-state index contributed by atoms with van der Waals surface area (Å²) < 4.78 is 49.6. The zero-order valence-electron chi connectivity index (χ0n) is 23.9. The third kappa shape index (κ3) is 6.33. The third-order valence-corrected chi connectivity index (χ3v) is 14.6. The third-order valence-electron chi connectivity index (χ3n) is 9.65. The lowest BCUT2D eigenvalue weighted by Crippen LogP contribution is -2.50. The van der Waals surface area contributed by atoms with Crippen LogP contribution in [0.15, 0.2) is 18.7 Å². The fourth-order valence-corrected chi connectivity index (χ4v) is 10.4. The van der Waals surface area contributed by atoms with Crippen molar-refractivity contribution in [2.24, 2.45) is 23.2 Å². The fourth-order valence-electron chi connectivity index (χ4n) is 7.24. The number of thiocarbonyl (C=S) groups is 1. The molecule has 38 heavy (non-hydrogen) atoms. The van der Waals surface area contributed by atoms with Gasteiger partial charge in [0.15, 0.2) is 14.4 Å². The van der Waals surface area contributed by atoms with E-state index < -0.39 is 26.3 Å². The van der Waals surface area contributed by atoms with Gasteiger partial charge in [0.25, 0.3) is 5.17 Å². The lowest BCUT2D eigenvalue weighted by Gasteiger charge is -2.49. The Bertz CT molecular complexity index is 922. The number of fused-ring (bicyclic) bond motifs is 1. The molecule has 0 aromatic carbocycles. The Kier molecular flexibility index (Phi) is 10.5. The maximum absolute atomic E-state index is 15.4. The first kappa shape index (κ1) is 31.1. The van der Waals surface area contributed by atoms with Crippen molar-refractivity contribution in [2.45, 2.75) is 116 Å². The van der Waals surface area contributed by atoms with Crippen molar-refractivity contribution in [2.75, 3.05) is 6.61 Å². The molecule has 0 amide bonds. The summed E-state index contributed by atoms with van der Waals surface area (Å²) in [6.45, 7) is 12.5. The Hall–Kier alpha value is -1.39. The van der Waals surface area contributed by atoms with Gasteiger partial charge in [-0.05, 0) is 92.5 Å². The average Bonchev–Trinajstić information content (AvgIpc) is 3.55. The minimum Gasteiger partial charge on any atom is -0.461 e. The van der Waals surface area contributed by atoms with Crippen molar-refractivity contribution in [1.82, 2.24) is 9.55 Å². The molecule has 6 nitrogen and oxygen atoms in total. The molecule has 1 aromatic rings. The van der Waals surface area contributed by atoms with Crippen molar-refractivity contribution in [3.05, 3.63) is 18.7 Å². The van der Waals surface area contributed by atoms with E-state index in [1.807, 2.05) is 6.92 Å². The topological polar surface area (TPSA) is 62.6 Å². The van der Waals surface area contributed by atoms with E-state index in [0.29, 0.717) is 5.92 Å². The van der Waals surface area contributed by atoms with Crippen molar-refractivity contribution in [3.8, 4) is 0 Å². The fraction of sp³-hybridized carbons (Fsp3) is 0.821. The number of esters is 1. The number of carbonyl (C=O) groups is 1. The van der Waals surface area contributed by atoms with Crippen molar-refractivity contribution in [1.29, 1.82) is 0 Å². The van der Waals surface area contributed by atoms with E-state index in [9.17, 15) is 4.79 Å². The lowest BCUT2D eigenvalue weighted by atomic mass is 9.61. The molecule has 3 rings (SSSR count). The molecule has 2 saturated carbocycles. The highest BCUT2D eigenvalue weighted by Crippen LogP contribution is 2.59. The van der Waals surface area contributed by atoms with Gasteiger partial charge in [0.1, 0.15) is 6.33 Å². The van der Waals surface area contributed by atoms with Gasteiger partial charge in [-0.15, -0.1) is 0 Å². The minimum absolute atomic E-state index is 0.00325. The molecule has 216 valence electrons. The first-order chi connectivity index (χ1) is 18.0. The highest BCUT2D eigenvalue weighted by atomic mass is 32.1. The van der Waals surface area contributed by atoms with Crippen LogP contribution in [-0.4, -0.2) is 53.7 Å². The Morgan fingerprint density at radius 3 is 2.47 bits per heavy atom. The smallest absolute Gasteiger partial charge is 0.381 e. The Labute approximate surface area is 233 Å². The summed E-state index contributed by atoms with van der Waals surface area (Å²) in [6, 6.07) is 3.37. The minimum atomic E-state index is -3.83. The number of hydrogen-bond acceptors (Lipinski definition) is 6. The molecule has 6 atom stereocenters. The van der Waals surface area contributed by atoms with Gasteiger partial charge < -0.3 is 13.9 Å². The molecule has 0 aliphatic heterocycles. The van der Waals surface area contributed by atoms with Crippen LogP contribution in [0.3, 0.4) is 0 Å². The van der Waals surface area contributed by atoms with Crippen LogP contribution in [0.2, 0.25) is 18.1 Å². The number of rotatable bonds is 12. The van der Waals surface area contributed by atoms with E-state index in [-0.39, 0.29) is 41.6 Å². The Balaban J connectivity index is 1.81. The normalized spacial score (nSPS) is 27.4. The first-order valence-electron chi connectivity index (χ1n) is 14.4. The molecule has 0 N–H and O–H groups in total. The molecule has 0 bridgehead atoms. The van der Waals surface area contributed by atoms with Gasteiger partial charge in [0.2, 0.25) is 0 Å². The molecule has 10 heteroatoms. The molecule has 0 saturated heterocycles. The molecule has 1 heterocycles. The molecule has 0 spiro atoms. The SMILES string of the molecule is CCOC(=O)C(F)(F)C(CC(C)C1CCC2[C@@H](O[Si](CC)(CC)CC)CCC[C@]12C)OC(=S)n1ccnc1. The summed E-state index contributed by atoms with van der Waals surface area (Å²) in [5, 5.41) is -0.162. The predicted octanol–water partition coefficient (Wildman–Crippen LogP) is 7.23.